The molecule has 3 saturated heterocycles. The second-order valence-electron chi connectivity index (χ2n) is 11.8. The molecule has 0 saturated carbocycles. The van der Waals surface area contributed by atoms with Crippen molar-refractivity contribution in [3.8, 4) is 0 Å². The molecule has 0 aliphatic carbocycles. The van der Waals surface area contributed by atoms with E-state index in [2.05, 4.69) is 51.3 Å². The monoisotopic (exact) mass is 378 g/mol. The van der Waals surface area contributed by atoms with Crippen LogP contribution in [0.4, 0.5) is 0 Å². The Balaban J connectivity index is 1.56. The first-order chi connectivity index (χ1) is 12.6. The summed E-state index contributed by atoms with van der Waals surface area (Å²) in [5.74, 6) is 1.79. The maximum absolute atomic E-state index is 5.77. The van der Waals surface area contributed by atoms with Gasteiger partial charge in [-0.05, 0) is 109 Å². The van der Waals surface area contributed by atoms with Crippen molar-refractivity contribution < 1.29 is 4.74 Å². The number of hydrogen-bond donors (Lipinski definition) is 0. The van der Waals surface area contributed by atoms with E-state index < -0.39 is 0 Å². The number of piperidine rings is 2. The minimum absolute atomic E-state index is 0.339. The SMILES string of the molecule is CC(C)(C)C1CCN(CCC2CCN(C(C)(C)C)CC2)C2(CCOCC2)C1. The van der Waals surface area contributed by atoms with Gasteiger partial charge in [-0.2, -0.15) is 0 Å². The molecule has 0 aromatic carbocycles. The lowest BCUT2D eigenvalue weighted by Crippen LogP contribution is -2.58. The van der Waals surface area contributed by atoms with Crippen LogP contribution in [0.1, 0.15) is 86.5 Å². The molecule has 0 amide bonds. The molecule has 3 rings (SSSR count). The third kappa shape index (κ3) is 5.28. The molecule has 1 spiro atoms. The average molecular weight is 379 g/mol. The van der Waals surface area contributed by atoms with Gasteiger partial charge < -0.3 is 4.74 Å². The number of ether oxygens (including phenoxy) is 1. The lowest BCUT2D eigenvalue weighted by atomic mass is 9.66. The van der Waals surface area contributed by atoms with Crippen molar-refractivity contribution >= 4 is 0 Å². The molecule has 0 aromatic heterocycles. The van der Waals surface area contributed by atoms with Crippen LogP contribution in [0.2, 0.25) is 0 Å². The molecule has 3 nitrogen and oxygen atoms in total. The first-order valence-corrected chi connectivity index (χ1v) is 11.7. The van der Waals surface area contributed by atoms with Crippen LogP contribution in [0.3, 0.4) is 0 Å². The van der Waals surface area contributed by atoms with Crippen LogP contribution in [-0.2, 0) is 4.74 Å². The van der Waals surface area contributed by atoms with Crippen LogP contribution in [0.5, 0.6) is 0 Å². The van der Waals surface area contributed by atoms with Gasteiger partial charge in [0, 0.05) is 24.3 Å². The molecule has 0 N–H and O–H groups in total. The smallest absolute Gasteiger partial charge is 0.0483 e. The van der Waals surface area contributed by atoms with Crippen LogP contribution in [0.15, 0.2) is 0 Å². The first-order valence-electron chi connectivity index (χ1n) is 11.7. The molecular weight excluding hydrogens is 332 g/mol. The number of nitrogens with zero attached hydrogens (tertiary/aromatic N) is 2. The van der Waals surface area contributed by atoms with E-state index >= 15 is 0 Å². The second-order valence-corrected chi connectivity index (χ2v) is 11.8. The van der Waals surface area contributed by atoms with Gasteiger partial charge >= 0.3 is 0 Å². The van der Waals surface area contributed by atoms with Gasteiger partial charge in [0.25, 0.3) is 0 Å². The maximum atomic E-state index is 5.77. The molecule has 1 unspecified atom stereocenters. The van der Waals surface area contributed by atoms with Gasteiger partial charge in [0.2, 0.25) is 0 Å². The minimum Gasteiger partial charge on any atom is -0.381 e. The number of hydrogen-bond acceptors (Lipinski definition) is 3. The summed E-state index contributed by atoms with van der Waals surface area (Å²) >= 11 is 0. The van der Waals surface area contributed by atoms with Gasteiger partial charge in [0.1, 0.15) is 0 Å². The van der Waals surface area contributed by atoms with Crippen LogP contribution >= 0.6 is 0 Å². The zero-order chi connectivity index (χ0) is 19.7. The Morgan fingerprint density at radius 1 is 0.889 bits per heavy atom. The fourth-order valence-electron chi connectivity index (χ4n) is 5.83. The molecule has 3 aliphatic rings. The standard InChI is InChI=1S/C24H46N2O/c1-22(2,3)21-10-16-26(24(19-21)11-17-27-18-12-24)15-9-20-7-13-25(14-8-20)23(4,5)6/h20-21H,7-19H2,1-6H3. The number of rotatable bonds is 3. The van der Waals surface area contributed by atoms with E-state index in [1.54, 1.807) is 0 Å². The molecule has 3 aliphatic heterocycles. The van der Waals surface area contributed by atoms with Gasteiger partial charge in [-0.25, -0.2) is 0 Å². The van der Waals surface area contributed by atoms with Crippen LogP contribution in [0, 0.1) is 17.3 Å². The molecule has 27 heavy (non-hydrogen) atoms. The molecule has 3 heterocycles. The zero-order valence-electron chi connectivity index (χ0n) is 19.1. The fourth-order valence-corrected chi connectivity index (χ4v) is 5.83. The van der Waals surface area contributed by atoms with Gasteiger partial charge in [0.05, 0.1) is 0 Å². The Morgan fingerprint density at radius 2 is 1.52 bits per heavy atom. The second kappa shape index (κ2) is 8.32. The van der Waals surface area contributed by atoms with Gasteiger partial charge in [0.15, 0.2) is 0 Å². The summed E-state index contributed by atoms with van der Waals surface area (Å²) in [6.45, 7) is 21.6. The molecule has 158 valence electrons. The van der Waals surface area contributed by atoms with Crippen LogP contribution < -0.4 is 0 Å². The zero-order valence-corrected chi connectivity index (χ0v) is 19.1. The molecule has 1 atom stereocenters. The normalized spacial score (nSPS) is 29.3. The summed E-state index contributed by atoms with van der Waals surface area (Å²) in [7, 11) is 0. The summed E-state index contributed by atoms with van der Waals surface area (Å²) in [6.07, 6.45) is 9.47. The summed E-state index contributed by atoms with van der Waals surface area (Å²) in [4.78, 5) is 5.59. The van der Waals surface area contributed by atoms with E-state index in [4.69, 9.17) is 4.74 Å². The average Bonchev–Trinajstić information content (AvgIpc) is 2.60. The molecule has 0 aromatic rings. The lowest BCUT2D eigenvalue weighted by Gasteiger charge is -2.54. The van der Waals surface area contributed by atoms with E-state index in [1.807, 2.05) is 0 Å². The Bertz CT molecular complexity index is 462. The highest BCUT2D eigenvalue weighted by molar-refractivity contribution is 5.00. The molecule has 3 heteroatoms. The van der Waals surface area contributed by atoms with E-state index in [9.17, 15) is 0 Å². The third-order valence-corrected chi connectivity index (χ3v) is 8.06. The lowest BCUT2D eigenvalue weighted by molar-refractivity contribution is -0.0792. The van der Waals surface area contributed by atoms with E-state index in [0.29, 0.717) is 16.5 Å². The highest BCUT2D eigenvalue weighted by atomic mass is 16.5. The van der Waals surface area contributed by atoms with Crippen molar-refractivity contribution in [1.29, 1.82) is 0 Å². The maximum Gasteiger partial charge on any atom is 0.0483 e. The van der Waals surface area contributed by atoms with Crippen LogP contribution in [-0.4, -0.2) is 60.3 Å². The van der Waals surface area contributed by atoms with Crippen molar-refractivity contribution in [1.82, 2.24) is 9.80 Å². The summed E-state index contributed by atoms with van der Waals surface area (Å²) in [5, 5.41) is 0. The summed E-state index contributed by atoms with van der Waals surface area (Å²) in [6, 6.07) is 0. The highest BCUT2D eigenvalue weighted by Gasteiger charge is 2.45. The van der Waals surface area contributed by atoms with Crippen molar-refractivity contribution in [3.63, 3.8) is 0 Å². The van der Waals surface area contributed by atoms with E-state index in [1.165, 1.54) is 71.1 Å². The van der Waals surface area contributed by atoms with Gasteiger partial charge in [-0.15, -0.1) is 0 Å². The van der Waals surface area contributed by atoms with Crippen molar-refractivity contribution in [3.05, 3.63) is 0 Å². The minimum atomic E-state index is 0.339. The molecule has 0 bridgehead atoms. The largest absolute Gasteiger partial charge is 0.381 e. The van der Waals surface area contributed by atoms with Gasteiger partial charge in [-0.1, -0.05) is 20.8 Å². The van der Waals surface area contributed by atoms with E-state index in [0.717, 1.165) is 25.0 Å². The predicted octanol–water partition coefficient (Wildman–Crippen LogP) is 5.19. The Labute approximate surface area is 169 Å². The first kappa shape index (κ1) is 21.6. The van der Waals surface area contributed by atoms with Crippen molar-refractivity contribution in [2.24, 2.45) is 17.3 Å². The highest BCUT2D eigenvalue weighted by Crippen LogP contribution is 2.45. The summed E-state index contributed by atoms with van der Waals surface area (Å²) < 4.78 is 5.77. The van der Waals surface area contributed by atoms with Crippen molar-refractivity contribution in [2.45, 2.75) is 97.6 Å². The predicted molar refractivity (Wildman–Crippen MR) is 115 cm³/mol. The third-order valence-electron chi connectivity index (χ3n) is 8.06. The molecule has 0 radical (unpaired) electrons. The molecular formula is C24H46N2O. The summed E-state index contributed by atoms with van der Waals surface area (Å²) in [5.41, 5.74) is 1.21. The Hall–Kier alpha value is -0.120. The van der Waals surface area contributed by atoms with Crippen LogP contribution in [0.25, 0.3) is 0 Å². The van der Waals surface area contributed by atoms with E-state index in [-0.39, 0.29) is 0 Å². The fraction of sp³-hybridized carbons (Fsp3) is 1.00. The molecule has 3 fully saturated rings. The Morgan fingerprint density at radius 3 is 2.07 bits per heavy atom. The Kier molecular flexibility index (Phi) is 6.65. The van der Waals surface area contributed by atoms with Crippen molar-refractivity contribution in [2.75, 3.05) is 39.4 Å². The van der Waals surface area contributed by atoms with Gasteiger partial charge in [-0.3, -0.25) is 9.80 Å². The quantitative estimate of drug-likeness (QED) is 0.672. The topological polar surface area (TPSA) is 15.7 Å². The number of likely N-dealkylation sites (tertiary alicyclic amines) is 2.